The van der Waals surface area contributed by atoms with E-state index in [0.717, 1.165) is 0 Å². The predicted octanol–water partition coefficient (Wildman–Crippen LogP) is 4.78. The smallest absolute Gasteiger partial charge is 0.389 e. The molecule has 1 amide bonds. The minimum Gasteiger partial charge on any atom is -0.506 e. The topological polar surface area (TPSA) is 100 Å². The molecule has 0 saturated carbocycles. The number of aliphatic hydroxyl groups is 2. The molecule has 2 aromatic heterocycles. The van der Waals surface area contributed by atoms with Gasteiger partial charge in [0.05, 0.1) is 11.1 Å². The number of rotatable bonds is 7. The lowest BCUT2D eigenvalue weighted by Crippen LogP contribution is -2.21. The van der Waals surface area contributed by atoms with Gasteiger partial charge in [0.15, 0.2) is 0 Å². The molecular weight excluding hydrogens is 425 g/mol. The summed E-state index contributed by atoms with van der Waals surface area (Å²) in [6.45, 7) is 6.54. The number of hydrogen-bond donors (Lipinski definition) is 3. The van der Waals surface area contributed by atoms with Crippen LogP contribution in [0.4, 0.5) is 18.9 Å². The number of aliphatic hydroxyl groups excluding tert-OH is 1. The molecule has 0 aliphatic heterocycles. The first-order valence-corrected chi connectivity index (χ1v) is 9.81. The second-order valence-corrected chi connectivity index (χ2v) is 7.94. The van der Waals surface area contributed by atoms with Crippen molar-refractivity contribution in [2.75, 3.05) is 5.32 Å². The SMILES string of the molecule is C=C(O)c1cccc(C(=O)Nc2cc3cn(CCCC(F)(F)F)nc3cc2C(C)(C)O)n1. The molecule has 0 bridgehead atoms. The van der Waals surface area contributed by atoms with Crippen LogP contribution < -0.4 is 5.32 Å². The van der Waals surface area contributed by atoms with E-state index in [2.05, 4.69) is 22.0 Å². The van der Waals surface area contributed by atoms with Gasteiger partial charge in [0, 0.05) is 35.8 Å². The van der Waals surface area contributed by atoms with E-state index in [4.69, 9.17) is 0 Å². The van der Waals surface area contributed by atoms with Gasteiger partial charge >= 0.3 is 6.18 Å². The fraction of sp³-hybridized carbons (Fsp3) is 0.318. The number of carbonyl (C=O) groups excluding carboxylic acids is 1. The van der Waals surface area contributed by atoms with Gasteiger partial charge in [-0.15, -0.1) is 0 Å². The highest BCUT2D eigenvalue weighted by atomic mass is 19.4. The van der Waals surface area contributed by atoms with Gasteiger partial charge < -0.3 is 15.5 Å². The van der Waals surface area contributed by atoms with E-state index in [1.165, 1.54) is 16.8 Å². The molecule has 170 valence electrons. The Hall–Kier alpha value is -3.40. The highest BCUT2D eigenvalue weighted by molar-refractivity contribution is 6.04. The summed E-state index contributed by atoms with van der Waals surface area (Å²) in [5.74, 6) is -0.855. The van der Waals surface area contributed by atoms with Gasteiger partial charge in [0.2, 0.25) is 0 Å². The Kier molecular flexibility index (Phi) is 6.27. The van der Waals surface area contributed by atoms with Crippen molar-refractivity contribution in [3.63, 3.8) is 0 Å². The van der Waals surface area contributed by atoms with E-state index in [1.54, 1.807) is 38.2 Å². The van der Waals surface area contributed by atoms with Gasteiger partial charge in [-0.2, -0.15) is 18.3 Å². The normalized spacial score (nSPS) is 12.2. The van der Waals surface area contributed by atoms with Crippen molar-refractivity contribution in [1.82, 2.24) is 14.8 Å². The molecule has 0 aliphatic carbocycles. The Morgan fingerprint density at radius 1 is 1.22 bits per heavy atom. The van der Waals surface area contributed by atoms with Crippen molar-refractivity contribution >= 4 is 28.3 Å². The summed E-state index contributed by atoms with van der Waals surface area (Å²) in [5.41, 5.74) is -0.00507. The summed E-state index contributed by atoms with van der Waals surface area (Å²) in [4.78, 5) is 16.8. The number of aryl methyl sites for hydroxylation is 1. The standard InChI is InChI=1S/C22H23F3N4O3/c1-13(30)16-6-4-7-17(26-16)20(31)27-19-10-14-12-29(9-5-8-22(23,24)25)28-18(14)11-15(19)21(2,3)32/h4,6-7,10-12,30,32H,1,5,8-9H2,2-3H3,(H,27,31). The van der Waals surface area contributed by atoms with Gasteiger partial charge in [-0.1, -0.05) is 12.6 Å². The number of carbonyl (C=O) groups is 1. The summed E-state index contributed by atoms with van der Waals surface area (Å²) < 4.78 is 38.6. The molecular formula is C22H23F3N4O3. The van der Waals surface area contributed by atoms with E-state index in [0.29, 0.717) is 22.2 Å². The summed E-state index contributed by atoms with van der Waals surface area (Å²) in [6.07, 6.45) is -3.67. The maximum atomic E-state index is 12.8. The van der Waals surface area contributed by atoms with Crippen molar-refractivity contribution in [1.29, 1.82) is 0 Å². The third-order valence-corrected chi connectivity index (χ3v) is 4.72. The lowest BCUT2D eigenvalue weighted by molar-refractivity contribution is -0.136. The zero-order valence-electron chi connectivity index (χ0n) is 17.6. The molecule has 1 aromatic carbocycles. The van der Waals surface area contributed by atoms with Crippen LogP contribution in [-0.2, 0) is 12.1 Å². The quantitative estimate of drug-likeness (QED) is 0.452. The molecule has 0 saturated heterocycles. The zero-order valence-corrected chi connectivity index (χ0v) is 17.6. The van der Waals surface area contributed by atoms with Crippen LogP contribution >= 0.6 is 0 Å². The monoisotopic (exact) mass is 448 g/mol. The maximum Gasteiger partial charge on any atom is 0.389 e. The van der Waals surface area contributed by atoms with E-state index < -0.39 is 24.1 Å². The molecule has 10 heteroatoms. The van der Waals surface area contributed by atoms with E-state index in [9.17, 15) is 28.2 Å². The highest BCUT2D eigenvalue weighted by Gasteiger charge is 2.26. The Balaban J connectivity index is 1.91. The third-order valence-electron chi connectivity index (χ3n) is 4.72. The van der Waals surface area contributed by atoms with Crippen LogP contribution in [0.15, 0.2) is 43.1 Å². The molecule has 0 aliphatic rings. The van der Waals surface area contributed by atoms with Crippen molar-refractivity contribution in [3.05, 3.63) is 60.1 Å². The lowest BCUT2D eigenvalue weighted by Gasteiger charge is -2.22. The number of benzene rings is 1. The number of amides is 1. The summed E-state index contributed by atoms with van der Waals surface area (Å²) in [7, 11) is 0. The van der Waals surface area contributed by atoms with Crippen LogP contribution in [0.2, 0.25) is 0 Å². The summed E-state index contributed by atoms with van der Waals surface area (Å²) in [6, 6.07) is 7.69. The molecule has 3 aromatic rings. The molecule has 32 heavy (non-hydrogen) atoms. The highest BCUT2D eigenvalue weighted by Crippen LogP contribution is 2.32. The van der Waals surface area contributed by atoms with E-state index in [1.807, 2.05) is 0 Å². The number of anilines is 1. The van der Waals surface area contributed by atoms with Crippen molar-refractivity contribution in [2.24, 2.45) is 0 Å². The van der Waals surface area contributed by atoms with Crippen LogP contribution in [0.25, 0.3) is 16.7 Å². The van der Waals surface area contributed by atoms with E-state index in [-0.39, 0.29) is 30.1 Å². The molecule has 7 nitrogen and oxygen atoms in total. The number of pyridine rings is 1. The van der Waals surface area contributed by atoms with Gasteiger partial charge in [-0.3, -0.25) is 9.48 Å². The summed E-state index contributed by atoms with van der Waals surface area (Å²) in [5, 5.41) is 27.7. The second-order valence-electron chi connectivity index (χ2n) is 7.94. The molecule has 3 rings (SSSR count). The van der Waals surface area contributed by atoms with Gasteiger partial charge in [-0.25, -0.2) is 4.98 Å². The van der Waals surface area contributed by atoms with Gasteiger partial charge in [0.1, 0.15) is 17.1 Å². The Labute approximate surface area is 182 Å². The predicted molar refractivity (Wildman–Crippen MR) is 114 cm³/mol. The van der Waals surface area contributed by atoms with E-state index >= 15 is 0 Å². The van der Waals surface area contributed by atoms with Crippen LogP contribution in [0.1, 0.15) is 48.4 Å². The first-order valence-electron chi connectivity index (χ1n) is 9.81. The first kappa shape index (κ1) is 23.3. The number of alkyl halides is 3. The van der Waals surface area contributed by atoms with Gasteiger partial charge in [-0.05, 0) is 44.5 Å². The number of nitrogens with one attached hydrogen (secondary N) is 1. The first-order chi connectivity index (χ1) is 14.8. The van der Waals surface area contributed by atoms with Crippen molar-refractivity contribution in [3.8, 4) is 0 Å². The van der Waals surface area contributed by atoms with Gasteiger partial charge in [0.25, 0.3) is 5.91 Å². The molecule has 0 fully saturated rings. The largest absolute Gasteiger partial charge is 0.506 e. The van der Waals surface area contributed by atoms with Crippen LogP contribution in [0, 0.1) is 0 Å². The zero-order chi connectivity index (χ0) is 23.7. The van der Waals surface area contributed by atoms with Crippen LogP contribution in [0.3, 0.4) is 0 Å². The van der Waals surface area contributed by atoms with Crippen molar-refractivity contribution in [2.45, 2.75) is 45.0 Å². The number of halogens is 3. The maximum absolute atomic E-state index is 12.8. The number of aromatic nitrogens is 3. The molecule has 0 unspecified atom stereocenters. The number of fused-ring (bicyclic) bond motifs is 1. The molecule has 0 spiro atoms. The fourth-order valence-corrected chi connectivity index (χ4v) is 3.20. The third kappa shape index (κ3) is 5.64. The number of nitrogens with zero attached hydrogens (tertiary/aromatic N) is 3. The summed E-state index contributed by atoms with van der Waals surface area (Å²) >= 11 is 0. The second kappa shape index (κ2) is 8.62. The van der Waals surface area contributed by atoms with Crippen LogP contribution in [0.5, 0.6) is 0 Å². The average Bonchev–Trinajstić information content (AvgIpc) is 3.07. The molecule has 0 atom stereocenters. The molecule has 2 heterocycles. The number of hydrogen-bond acceptors (Lipinski definition) is 5. The lowest BCUT2D eigenvalue weighted by atomic mass is 9.95. The fourth-order valence-electron chi connectivity index (χ4n) is 3.20. The van der Waals surface area contributed by atoms with Crippen LogP contribution in [-0.4, -0.2) is 37.1 Å². The molecule has 0 radical (unpaired) electrons. The minimum absolute atomic E-state index is 0.0299. The minimum atomic E-state index is -4.23. The Bertz CT molecular complexity index is 1160. The van der Waals surface area contributed by atoms with Crippen molar-refractivity contribution < 1.29 is 28.2 Å². The Morgan fingerprint density at radius 2 is 1.91 bits per heavy atom. The average molecular weight is 448 g/mol. The Morgan fingerprint density at radius 3 is 2.53 bits per heavy atom. The molecule has 3 N–H and O–H groups in total.